The van der Waals surface area contributed by atoms with Crippen LogP contribution in [0.5, 0.6) is 0 Å². The first kappa shape index (κ1) is 25.8. The minimum Gasteiger partial charge on any atom is -0.325 e. The third kappa shape index (κ3) is 8.85. The van der Waals surface area contributed by atoms with Crippen molar-refractivity contribution in [3.63, 3.8) is 0 Å². The van der Waals surface area contributed by atoms with Gasteiger partial charge in [-0.1, -0.05) is 20.3 Å². The molecule has 0 aliphatic carbocycles. The van der Waals surface area contributed by atoms with Gasteiger partial charge in [0, 0.05) is 29.3 Å². The van der Waals surface area contributed by atoms with Crippen molar-refractivity contribution in [3.05, 3.63) is 53.5 Å². The van der Waals surface area contributed by atoms with Crippen LogP contribution in [0.2, 0.25) is 0 Å². The highest BCUT2D eigenvalue weighted by molar-refractivity contribution is 7.08. The van der Waals surface area contributed by atoms with Gasteiger partial charge in [0.1, 0.15) is 0 Å². The van der Waals surface area contributed by atoms with Gasteiger partial charge in [-0.05, 0) is 92.1 Å². The van der Waals surface area contributed by atoms with Crippen LogP contribution in [0.1, 0.15) is 39.5 Å². The number of likely N-dealkylation sites (tertiary alicyclic amines) is 1. The van der Waals surface area contributed by atoms with Crippen molar-refractivity contribution in [1.29, 1.82) is 0 Å². The van der Waals surface area contributed by atoms with Gasteiger partial charge in [0.15, 0.2) is 0 Å². The Balaban J connectivity index is 0.000000406. The summed E-state index contributed by atoms with van der Waals surface area (Å²) in [5.74, 6) is 0.574. The van der Waals surface area contributed by atoms with Gasteiger partial charge >= 0.3 is 0 Å². The second kappa shape index (κ2) is 14.5. The van der Waals surface area contributed by atoms with Crippen molar-refractivity contribution >= 4 is 34.6 Å². The Morgan fingerprint density at radius 1 is 1.00 bits per heavy atom. The number of nitrogens with zero attached hydrogens (tertiary/aromatic N) is 3. The maximum absolute atomic E-state index is 12.1. The number of benzene rings is 1. The van der Waals surface area contributed by atoms with Crippen LogP contribution in [0.3, 0.4) is 0 Å². The van der Waals surface area contributed by atoms with Crippen molar-refractivity contribution in [2.75, 3.05) is 43.4 Å². The van der Waals surface area contributed by atoms with E-state index in [1.807, 2.05) is 48.1 Å². The molecule has 3 aromatic rings. The van der Waals surface area contributed by atoms with Crippen molar-refractivity contribution in [3.8, 4) is 11.1 Å². The predicted octanol–water partition coefficient (Wildman–Crippen LogP) is 5.38. The zero-order valence-corrected chi connectivity index (χ0v) is 21.0. The largest absolute Gasteiger partial charge is 0.325 e. The van der Waals surface area contributed by atoms with Crippen LogP contribution >= 0.6 is 11.3 Å². The summed E-state index contributed by atoms with van der Waals surface area (Å²) in [6.07, 6.45) is 8.60. The summed E-state index contributed by atoms with van der Waals surface area (Å²) in [6, 6.07) is 9.62. The van der Waals surface area contributed by atoms with Crippen molar-refractivity contribution in [2.45, 2.75) is 39.5 Å². The standard InChI is InChI=1S/C20H21N5OS.C6H15N/c26-19(13-25-8-1-2-9-25)23-17-3-5-18(6-4-17)24-20-21-11-16(12-22-20)15-7-10-27-14-15;1-3-5-6-7-4-2/h3-7,10-12,14H,1-2,8-9,13H2,(H,23,26)(H,21,22,24);7H,3-6H2,1-2H3. The average molecular weight is 481 g/mol. The number of thiophene rings is 1. The van der Waals surface area contributed by atoms with Gasteiger partial charge in [-0.25, -0.2) is 9.97 Å². The minimum atomic E-state index is 0.0324. The third-order valence-corrected chi connectivity index (χ3v) is 6.14. The third-order valence-electron chi connectivity index (χ3n) is 5.45. The number of nitrogens with one attached hydrogen (secondary N) is 3. The molecular weight excluding hydrogens is 444 g/mol. The van der Waals surface area contributed by atoms with E-state index in [0.29, 0.717) is 12.5 Å². The lowest BCUT2D eigenvalue weighted by atomic mass is 10.2. The maximum atomic E-state index is 12.1. The van der Waals surface area contributed by atoms with Gasteiger partial charge < -0.3 is 16.0 Å². The minimum absolute atomic E-state index is 0.0324. The molecular formula is C26H36N6OS. The molecule has 0 saturated carbocycles. The van der Waals surface area contributed by atoms with Crippen LogP contribution in [0.25, 0.3) is 11.1 Å². The first-order valence-corrected chi connectivity index (χ1v) is 13.1. The number of hydrogen-bond donors (Lipinski definition) is 3. The molecule has 1 amide bonds. The zero-order valence-electron chi connectivity index (χ0n) is 20.2. The molecule has 1 aliphatic rings. The summed E-state index contributed by atoms with van der Waals surface area (Å²) < 4.78 is 0. The molecule has 1 aliphatic heterocycles. The Morgan fingerprint density at radius 3 is 2.32 bits per heavy atom. The van der Waals surface area contributed by atoms with E-state index in [2.05, 4.69) is 50.0 Å². The molecule has 7 nitrogen and oxygen atoms in total. The van der Waals surface area contributed by atoms with Crippen LogP contribution in [-0.4, -0.2) is 53.5 Å². The molecule has 2 aromatic heterocycles. The molecule has 3 heterocycles. The lowest BCUT2D eigenvalue weighted by Crippen LogP contribution is -2.30. The first-order valence-electron chi connectivity index (χ1n) is 12.1. The van der Waals surface area contributed by atoms with E-state index in [-0.39, 0.29) is 5.91 Å². The number of hydrogen-bond acceptors (Lipinski definition) is 7. The fraction of sp³-hybridized carbons (Fsp3) is 0.423. The maximum Gasteiger partial charge on any atom is 0.238 e. The van der Waals surface area contributed by atoms with Crippen LogP contribution < -0.4 is 16.0 Å². The molecule has 34 heavy (non-hydrogen) atoms. The highest BCUT2D eigenvalue weighted by Crippen LogP contribution is 2.22. The summed E-state index contributed by atoms with van der Waals surface area (Å²) in [5, 5.41) is 13.5. The van der Waals surface area contributed by atoms with Crippen molar-refractivity contribution in [2.24, 2.45) is 0 Å². The van der Waals surface area contributed by atoms with Crippen LogP contribution in [0.4, 0.5) is 17.3 Å². The molecule has 0 unspecified atom stereocenters. The second-order valence-corrected chi connectivity index (χ2v) is 9.03. The van der Waals surface area contributed by atoms with Crippen LogP contribution in [-0.2, 0) is 4.79 Å². The molecule has 182 valence electrons. The number of unbranched alkanes of at least 4 members (excludes halogenated alkanes) is 1. The molecule has 0 spiro atoms. The van der Waals surface area contributed by atoms with Gasteiger partial charge in [-0.2, -0.15) is 11.3 Å². The monoisotopic (exact) mass is 480 g/mol. The summed E-state index contributed by atoms with van der Waals surface area (Å²) in [5.41, 5.74) is 3.78. The molecule has 8 heteroatoms. The second-order valence-electron chi connectivity index (χ2n) is 8.25. The number of aromatic nitrogens is 2. The van der Waals surface area contributed by atoms with E-state index in [0.717, 1.165) is 42.1 Å². The summed E-state index contributed by atoms with van der Waals surface area (Å²) in [6.45, 7) is 9.13. The Kier molecular flexibility index (Phi) is 11.0. The van der Waals surface area contributed by atoms with E-state index in [9.17, 15) is 4.79 Å². The SMILES string of the molecule is CCCCNCC.O=C(CN1CCCC1)Nc1ccc(Nc2ncc(-c3ccsc3)cn2)cc1. The Hall–Kier alpha value is -2.81. The Labute approximate surface area is 207 Å². The normalized spacial score (nSPS) is 13.2. The van der Waals surface area contributed by atoms with Crippen LogP contribution in [0.15, 0.2) is 53.5 Å². The quantitative estimate of drug-likeness (QED) is 0.338. The number of anilines is 3. The van der Waals surface area contributed by atoms with E-state index < -0.39 is 0 Å². The molecule has 0 atom stereocenters. The van der Waals surface area contributed by atoms with Crippen molar-refractivity contribution < 1.29 is 4.79 Å². The number of rotatable bonds is 10. The topological polar surface area (TPSA) is 82.2 Å². The van der Waals surface area contributed by atoms with Crippen molar-refractivity contribution in [1.82, 2.24) is 20.2 Å². The molecule has 0 radical (unpaired) electrons. The highest BCUT2D eigenvalue weighted by atomic mass is 32.1. The fourth-order valence-electron chi connectivity index (χ4n) is 3.56. The molecule has 4 rings (SSSR count). The molecule has 1 saturated heterocycles. The van der Waals surface area contributed by atoms with Gasteiger partial charge in [0.2, 0.25) is 11.9 Å². The van der Waals surface area contributed by atoms with Gasteiger partial charge in [0.05, 0.1) is 6.54 Å². The lowest BCUT2D eigenvalue weighted by molar-refractivity contribution is -0.117. The molecule has 1 fully saturated rings. The molecule has 0 bridgehead atoms. The smallest absolute Gasteiger partial charge is 0.238 e. The predicted molar refractivity (Wildman–Crippen MR) is 143 cm³/mol. The van der Waals surface area contributed by atoms with E-state index in [1.165, 1.54) is 32.2 Å². The summed E-state index contributed by atoms with van der Waals surface area (Å²) >= 11 is 1.65. The fourth-order valence-corrected chi connectivity index (χ4v) is 4.22. The van der Waals surface area contributed by atoms with E-state index in [4.69, 9.17) is 0 Å². The molecule has 1 aromatic carbocycles. The van der Waals surface area contributed by atoms with Gasteiger partial charge in [-0.15, -0.1) is 0 Å². The average Bonchev–Trinajstić information content (AvgIpc) is 3.56. The first-order chi connectivity index (χ1) is 16.7. The van der Waals surface area contributed by atoms with E-state index >= 15 is 0 Å². The molecule has 3 N–H and O–H groups in total. The summed E-state index contributed by atoms with van der Waals surface area (Å²) in [7, 11) is 0. The lowest BCUT2D eigenvalue weighted by Gasteiger charge is -2.14. The van der Waals surface area contributed by atoms with Gasteiger partial charge in [0.25, 0.3) is 0 Å². The summed E-state index contributed by atoms with van der Waals surface area (Å²) in [4.78, 5) is 23.0. The zero-order chi connectivity index (χ0) is 24.0. The number of carbonyl (C=O) groups is 1. The van der Waals surface area contributed by atoms with Gasteiger partial charge in [-0.3, -0.25) is 9.69 Å². The van der Waals surface area contributed by atoms with E-state index in [1.54, 1.807) is 11.3 Å². The Morgan fingerprint density at radius 2 is 1.71 bits per heavy atom. The highest BCUT2D eigenvalue weighted by Gasteiger charge is 2.15. The Bertz CT molecular complexity index is 950. The number of carbonyl (C=O) groups excluding carboxylic acids is 1. The van der Waals surface area contributed by atoms with Crippen LogP contribution in [0, 0.1) is 0 Å². The number of amides is 1.